The van der Waals surface area contributed by atoms with E-state index >= 15 is 0 Å². The summed E-state index contributed by atoms with van der Waals surface area (Å²) in [5.74, 6) is 2.41. The van der Waals surface area contributed by atoms with Gasteiger partial charge >= 0.3 is 0 Å². The van der Waals surface area contributed by atoms with E-state index < -0.39 is 0 Å². The Morgan fingerprint density at radius 3 is 2.34 bits per heavy atom. The Kier molecular flexibility index (Phi) is 7.57. The molecule has 0 radical (unpaired) electrons. The smallest absolute Gasteiger partial charge is 0.222 e. The van der Waals surface area contributed by atoms with Crippen molar-refractivity contribution in [3.05, 3.63) is 77.9 Å². The molecule has 1 saturated heterocycles. The normalized spacial score (nSPS) is 17.2. The highest BCUT2D eigenvalue weighted by atomic mass is 19.1. The number of rotatable bonds is 8. The lowest BCUT2D eigenvalue weighted by molar-refractivity contribution is -0.131. The summed E-state index contributed by atoms with van der Waals surface area (Å²) in [5, 5.41) is 0. The van der Waals surface area contributed by atoms with Crippen LogP contribution in [0.5, 0.6) is 11.6 Å². The molecule has 38 heavy (non-hydrogen) atoms. The van der Waals surface area contributed by atoms with Crippen molar-refractivity contribution in [3.8, 4) is 11.6 Å². The van der Waals surface area contributed by atoms with Gasteiger partial charge in [0.1, 0.15) is 23.7 Å². The Labute approximate surface area is 220 Å². The molecule has 0 N–H and O–H groups in total. The van der Waals surface area contributed by atoms with Crippen molar-refractivity contribution >= 4 is 23.3 Å². The number of benzene rings is 2. The first-order chi connectivity index (χ1) is 18.5. The van der Waals surface area contributed by atoms with Gasteiger partial charge in [-0.15, -0.1) is 0 Å². The maximum Gasteiger partial charge on any atom is 0.222 e. The van der Waals surface area contributed by atoms with E-state index in [1.54, 1.807) is 32.4 Å². The van der Waals surface area contributed by atoms with Gasteiger partial charge in [-0.25, -0.2) is 19.4 Å². The number of hydrogen-bond donors (Lipinski definition) is 0. The van der Waals surface area contributed by atoms with Gasteiger partial charge in [0.2, 0.25) is 11.8 Å². The molecule has 0 spiro atoms. The van der Waals surface area contributed by atoms with Crippen LogP contribution in [0.25, 0.3) is 0 Å². The Bertz CT molecular complexity index is 1340. The molecule has 10 heteroatoms. The maximum absolute atomic E-state index is 13.6. The number of methoxy groups -OCH3 is 2. The minimum absolute atomic E-state index is 0.0801. The molecule has 0 bridgehead atoms. The van der Waals surface area contributed by atoms with Crippen molar-refractivity contribution in [2.45, 2.75) is 18.9 Å². The number of amides is 1. The van der Waals surface area contributed by atoms with Crippen molar-refractivity contribution < 1.29 is 18.7 Å². The number of halogens is 1. The number of aromatic nitrogens is 2. The van der Waals surface area contributed by atoms with Crippen LogP contribution < -0.4 is 14.4 Å². The van der Waals surface area contributed by atoms with Gasteiger partial charge in [0.25, 0.3) is 0 Å². The molecule has 1 aromatic heterocycles. The Morgan fingerprint density at radius 1 is 0.947 bits per heavy atom. The Balaban J connectivity index is 1.24. The van der Waals surface area contributed by atoms with Gasteiger partial charge in [-0.3, -0.25) is 9.79 Å². The van der Waals surface area contributed by atoms with E-state index in [4.69, 9.17) is 19.5 Å². The second-order valence-electron chi connectivity index (χ2n) is 9.03. The minimum Gasteiger partial charge on any atom is -0.497 e. The van der Waals surface area contributed by atoms with Crippen LogP contribution in [0.1, 0.15) is 24.0 Å². The summed E-state index contributed by atoms with van der Waals surface area (Å²) in [5.41, 5.74) is 2.40. The van der Waals surface area contributed by atoms with E-state index in [0.717, 1.165) is 28.4 Å². The first-order valence-corrected chi connectivity index (χ1v) is 12.5. The van der Waals surface area contributed by atoms with Crippen LogP contribution in [0.2, 0.25) is 0 Å². The van der Waals surface area contributed by atoms with Gasteiger partial charge in [-0.1, -0.05) is 12.1 Å². The molecule has 1 unspecified atom stereocenters. The summed E-state index contributed by atoms with van der Waals surface area (Å²) in [6.45, 7) is 2.57. The van der Waals surface area contributed by atoms with Gasteiger partial charge in [0.15, 0.2) is 5.84 Å². The van der Waals surface area contributed by atoms with Gasteiger partial charge in [-0.05, 0) is 48.4 Å². The molecule has 2 aliphatic heterocycles. The molecule has 3 heterocycles. The molecule has 196 valence electrons. The number of carbonyl (C=O) groups excluding carboxylic acids is 1. The molecule has 9 nitrogen and oxygen atoms in total. The second kappa shape index (κ2) is 11.4. The molecule has 3 aromatic rings. The third kappa shape index (κ3) is 5.64. The lowest BCUT2D eigenvalue weighted by Gasteiger charge is -2.35. The highest BCUT2D eigenvalue weighted by Crippen LogP contribution is 2.24. The van der Waals surface area contributed by atoms with Crippen molar-refractivity contribution in [2.24, 2.45) is 9.98 Å². The van der Waals surface area contributed by atoms with Crippen LogP contribution in [0.4, 0.5) is 10.2 Å². The average molecular weight is 517 g/mol. The fourth-order valence-electron chi connectivity index (χ4n) is 4.60. The van der Waals surface area contributed by atoms with Gasteiger partial charge in [0, 0.05) is 44.2 Å². The fourth-order valence-corrected chi connectivity index (χ4v) is 4.60. The lowest BCUT2D eigenvalue weighted by Crippen LogP contribution is -2.49. The zero-order valence-corrected chi connectivity index (χ0v) is 21.4. The topological polar surface area (TPSA) is 92.5 Å². The van der Waals surface area contributed by atoms with Gasteiger partial charge < -0.3 is 19.3 Å². The minimum atomic E-state index is -0.310. The molecular formula is C28H29FN6O3. The van der Waals surface area contributed by atoms with Crippen LogP contribution in [0.15, 0.2) is 70.9 Å². The van der Waals surface area contributed by atoms with Crippen LogP contribution in [-0.4, -0.2) is 78.8 Å². The molecule has 2 aliphatic rings. The van der Waals surface area contributed by atoms with Gasteiger partial charge in [-0.2, -0.15) is 0 Å². The fraction of sp³-hybridized carbons (Fsp3) is 0.321. The molecule has 0 aliphatic carbocycles. The summed E-state index contributed by atoms with van der Waals surface area (Å²) in [6, 6.07) is 15.3. The monoisotopic (exact) mass is 516 g/mol. The lowest BCUT2D eigenvalue weighted by atomic mass is 10.00. The summed E-state index contributed by atoms with van der Waals surface area (Å²) in [7, 11) is 3.19. The number of aliphatic imine (C=N–C) groups is 2. The van der Waals surface area contributed by atoms with Crippen LogP contribution in [0.3, 0.4) is 0 Å². The van der Waals surface area contributed by atoms with Crippen molar-refractivity contribution in [3.63, 3.8) is 0 Å². The molecule has 2 aromatic carbocycles. The second-order valence-corrected chi connectivity index (χ2v) is 9.03. The standard InChI is InChI=1S/C28H29FN6O3/c1-37-22-9-5-20(6-10-22)28-32-23(27(33-28)19-3-7-21(29)8-4-19)11-12-26(36)35-15-13-34(14-16-35)24-17-25(38-2)31-18-30-24/h3-10,17-18,23H,11-16H2,1-2H3. The summed E-state index contributed by atoms with van der Waals surface area (Å²) < 4.78 is 24.0. The molecule has 1 amide bonds. The molecular weight excluding hydrogens is 487 g/mol. The molecule has 1 fully saturated rings. The van der Waals surface area contributed by atoms with Crippen molar-refractivity contribution in [1.29, 1.82) is 0 Å². The number of amidine groups is 1. The molecule has 1 atom stereocenters. The van der Waals surface area contributed by atoms with Gasteiger partial charge in [0.05, 0.1) is 26.0 Å². The van der Waals surface area contributed by atoms with Crippen LogP contribution in [0, 0.1) is 5.82 Å². The van der Waals surface area contributed by atoms with Crippen LogP contribution >= 0.6 is 0 Å². The molecule has 0 saturated carbocycles. The number of carbonyl (C=O) groups is 1. The average Bonchev–Trinajstić information content (AvgIpc) is 3.40. The first kappa shape index (κ1) is 25.3. The third-order valence-corrected chi connectivity index (χ3v) is 6.73. The summed E-state index contributed by atoms with van der Waals surface area (Å²) in [6.07, 6.45) is 2.33. The van der Waals surface area contributed by atoms with E-state index in [9.17, 15) is 9.18 Å². The predicted molar refractivity (Wildman–Crippen MR) is 143 cm³/mol. The van der Waals surface area contributed by atoms with Crippen molar-refractivity contribution in [2.75, 3.05) is 45.3 Å². The van der Waals surface area contributed by atoms with E-state index in [0.29, 0.717) is 50.7 Å². The number of piperazine rings is 1. The number of hydrogen-bond acceptors (Lipinski definition) is 8. The first-order valence-electron chi connectivity index (χ1n) is 12.5. The predicted octanol–water partition coefficient (Wildman–Crippen LogP) is 3.38. The van der Waals surface area contributed by atoms with Crippen molar-refractivity contribution in [1.82, 2.24) is 14.9 Å². The highest BCUT2D eigenvalue weighted by molar-refractivity contribution is 6.18. The number of nitrogens with zero attached hydrogens (tertiary/aromatic N) is 6. The SMILES string of the molecule is COc1ccc(C2=NC(CCC(=O)N3CCN(c4cc(OC)ncn4)CC3)C(c3ccc(F)cc3)=N2)cc1. The summed E-state index contributed by atoms with van der Waals surface area (Å²) in [4.78, 5) is 35.1. The van der Waals surface area contributed by atoms with E-state index in [2.05, 4.69) is 14.9 Å². The highest BCUT2D eigenvalue weighted by Gasteiger charge is 2.28. The quantitative estimate of drug-likeness (QED) is 0.456. The third-order valence-electron chi connectivity index (χ3n) is 6.73. The summed E-state index contributed by atoms with van der Waals surface area (Å²) >= 11 is 0. The molecule has 5 rings (SSSR count). The number of anilines is 1. The van der Waals surface area contributed by atoms with E-state index in [-0.39, 0.29) is 17.8 Å². The Morgan fingerprint density at radius 2 is 1.66 bits per heavy atom. The van der Waals surface area contributed by atoms with E-state index in [1.165, 1.54) is 18.5 Å². The maximum atomic E-state index is 13.6. The largest absolute Gasteiger partial charge is 0.497 e. The zero-order chi connectivity index (χ0) is 26.5. The van der Waals surface area contributed by atoms with E-state index in [1.807, 2.05) is 29.2 Å². The van der Waals surface area contributed by atoms with Crippen LogP contribution in [-0.2, 0) is 4.79 Å². The number of ether oxygens (including phenoxy) is 2. The Hall–Kier alpha value is -4.34. The zero-order valence-electron chi connectivity index (χ0n) is 21.4.